The van der Waals surface area contributed by atoms with Gasteiger partial charge < -0.3 is 15.8 Å². The largest absolute Gasteiger partial charge is 0.481 e. The van der Waals surface area contributed by atoms with Crippen LogP contribution in [0.5, 0.6) is 5.75 Å². The van der Waals surface area contributed by atoms with Crippen LogP contribution in [0.3, 0.4) is 0 Å². The maximum atomic E-state index is 11.9. The molecule has 5 heteroatoms. The molecule has 0 heterocycles. The van der Waals surface area contributed by atoms with E-state index in [1.54, 1.807) is 6.92 Å². The molecule has 0 aliphatic carbocycles. The van der Waals surface area contributed by atoms with E-state index in [4.69, 9.17) is 10.5 Å². The van der Waals surface area contributed by atoms with Gasteiger partial charge in [-0.1, -0.05) is 29.8 Å². The van der Waals surface area contributed by atoms with Crippen molar-refractivity contribution in [2.75, 3.05) is 6.54 Å². The number of carbonyl (C=O) groups is 1. The summed E-state index contributed by atoms with van der Waals surface area (Å²) in [7, 11) is 0. The van der Waals surface area contributed by atoms with Gasteiger partial charge in [-0.15, -0.1) is 0 Å². The molecule has 1 rings (SSSR count). The SMILES string of the molecule is CC(C)CCNC(=O)C(C)Oc1ccc(Br)cc1CN. The quantitative estimate of drug-likeness (QED) is 0.800. The number of benzene rings is 1. The fourth-order valence-corrected chi connectivity index (χ4v) is 2.10. The van der Waals surface area contributed by atoms with Crippen LogP contribution in [-0.4, -0.2) is 18.6 Å². The molecular formula is C15H23BrN2O2. The number of halogens is 1. The molecule has 1 amide bonds. The van der Waals surface area contributed by atoms with E-state index in [2.05, 4.69) is 35.1 Å². The van der Waals surface area contributed by atoms with E-state index >= 15 is 0 Å². The third kappa shape index (κ3) is 5.51. The van der Waals surface area contributed by atoms with Gasteiger partial charge in [-0.25, -0.2) is 0 Å². The molecule has 0 saturated carbocycles. The molecule has 0 fully saturated rings. The maximum absolute atomic E-state index is 11.9. The van der Waals surface area contributed by atoms with Gasteiger partial charge in [0.2, 0.25) is 0 Å². The highest BCUT2D eigenvalue weighted by atomic mass is 79.9. The first-order valence-electron chi connectivity index (χ1n) is 6.87. The predicted molar refractivity (Wildman–Crippen MR) is 84.6 cm³/mol. The summed E-state index contributed by atoms with van der Waals surface area (Å²) in [4.78, 5) is 11.9. The van der Waals surface area contributed by atoms with Gasteiger partial charge in [0.15, 0.2) is 6.10 Å². The minimum Gasteiger partial charge on any atom is -0.481 e. The number of nitrogens with one attached hydrogen (secondary N) is 1. The van der Waals surface area contributed by atoms with Gasteiger partial charge in [-0.2, -0.15) is 0 Å². The van der Waals surface area contributed by atoms with E-state index in [9.17, 15) is 4.79 Å². The number of amides is 1. The molecular weight excluding hydrogens is 320 g/mol. The summed E-state index contributed by atoms with van der Waals surface area (Å²) in [6, 6.07) is 5.60. The number of hydrogen-bond donors (Lipinski definition) is 2. The molecule has 0 aromatic heterocycles. The molecule has 1 atom stereocenters. The summed E-state index contributed by atoms with van der Waals surface area (Å²) in [5.74, 6) is 1.13. The van der Waals surface area contributed by atoms with Crippen LogP contribution in [0.1, 0.15) is 32.8 Å². The van der Waals surface area contributed by atoms with Crippen molar-refractivity contribution >= 4 is 21.8 Å². The molecule has 0 aliphatic heterocycles. The summed E-state index contributed by atoms with van der Waals surface area (Å²) in [5, 5.41) is 2.88. The topological polar surface area (TPSA) is 64.3 Å². The summed E-state index contributed by atoms with van der Waals surface area (Å²) < 4.78 is 6.64. The Labute approximate surface area is 129 Å². The molecule has 0 radical (unpaired) electrons. The van der Waals surface area contributed by atoms with Gasteiger partial charge in [-0.05, 0) is 37.5 Å². The highest BCUT2D eigenvalue weighted by molar-refractivity contribution is 9.10. The number of hydrogen-bond acceptors (Lipinski definition) is 3. The second-order valence-corrected chi connectivity index (χ2v) is 6.11. The highest BCUT2D eigenvalue weighted by Crippen LogP contribution is 2.23. The van der Waals surface area contributed by atoms with Crippen molar-refractivity contribution in [2.45, 2.75) is 39.8 Å². The first kappa shape index (κ1) is 17.0. The first-order valence-corrected chi connectivity index (χ1v) is 7.66. The molecule has 0 bridgehead atoms. The summed E-state index contributed by atoms with van der Waals surface area (Å²) >= 11 is 3.39. The van der Waals surface area contributed by atoms with E-state index in [0.717, 1.165) is 16.5 Å². The van der Waals surface area contributed by atoms with E-state index in [1.807, 2.05) is 18.2 Å². The zero-order chi connectivity index (χ0) is 15.1. The second-order valence-electron chi connectivity index (χ2n) is 5.19. The Kier molecular flexibility index (Phi) is 7.02. The smallest absolute Gasteiger partial charge is 0.260 e. The van der Waals surface area contributed by atoms with Crippen LogP contribution in [0, 0.1) is 5.92 Å². The third-order valence-electron chi connectivity index (χ3n) is 2.94. The molecule has 0 aliphatic rings. The van der Waals surface area contributed by atoms with Crippen molar-refractivity contribution < 1.29 is 9.53 Å². The third-order valence-corrected chi connectivity index (χ3v) is 3.43. The standard InChI is InChI=1S/C15H23BrN2O2/c1-10(2)6-7-18-15(19)11(3)20-14-5-4-13(16)8-12(14)9-17/h4-5,8,10-11H,6-7,9,17H2,1-3H3,(H,18,19). The van der Waals surface area contributed by atoms with E-state index in [-0.39, 0.29) is 5.91 Å². The lowest BCUT2D eigenvalue weighted by Gasteiger charge is -2.17. The molecule has 1 aromatic carbocycles. The molecule has 4 nitrogen and oxygen atoms in total. The Morgan fingerprint density at radius 1 is 1.40 bits per heavy atom. The van der Waals surface area contributed by atoms with E-state index < -0.39 is 6.10 Å². The van der Waals surface area contributed by atoms with Crippen molar-refractivity contribution in [1.82, 2.24) is 5.32 Å². The van der Waals surface area contributed by atoms with Crippen molar-refractivity contribution in [3.63, 3.8) is 0 Å². The normalized spacial score (nSPS) is 12.3. The molecule has 20 heavy (non-hydrogen) atoms. The number of ether oxygens (including phenoxy) is 1. The van der Waals surface area contributed by atoms with Gasteiger partial charge in [0.25, 0.3) is 5.91 Å². The van der Waals surface area contributed by atoms with E-state index in [1.165, 1.54) is 0 Å². The first-order chi connectivity index (χ1) is 9.43. The van der Waals surface area contributed by atoms with Crippen molar-refractivity contribution in [3.05, 3.63) is 28.2 Å². The van der Waals surface area contributed by atoms with Crippen LogP contribution in [0.4, 0.5) is 0 Å². The number of rotatable bonds is 7. The summed E-state index contributed by atoms with van der Waals surface area (Å²) in [6.07, 6.45) is 0.429. The van der Waals surface area contributed by atoms with Crippen LogP contribution in [0.2, 0.25) is 0 Å². The lowest BCUT2D eigenvalue weighted by Crippen LogP contribution is -2.37. The van der Waals surface area contributed by atoms with Crippen molar-refractivity contribution in [1.29, 1.82) is 0 Å². The number of carbonyl (C=O) groups excluding carboxylic acids is 1. The van der Waals surface area contributed by atoms with Crippen LogP contribution in [0.25, 0.3) is 0 Å². The van der Waals surface area contributed by atoms with Crippen LogP contribution in [-0.2, 0) is 11.3 Å². The average Bonchev–Trinajstić information content (AvgIpc) is 2.40. The number of nitrogens with two attached hydrogens (primary N) is 1. The van der Waals surface area contributed by atoms with Crippen molar-refractivity contribution in [2.24, 2.45) is 11.7 Å². The average molecular weight is 343 g/mol. The fourth-order valence-electron chi connectivity index (χ4n) is 1.69. The van der Waals surface area contributed by atoms with Gasteiger partial charge >= 0.3 is 0 Å². The Bertz CT molecular complexity index is 449. The van der Waals surface area contributed by atoms with E-state index in [0.29, 0.717) is 24.8 Å². The van der Waals surface area contributed by atoms with Gasteiger partial charge in [0.05, 0.1) is 0 Å². The molecule has 1 unspecified atom stereocenters. The minimum atomic E-state index is -0.534. The zero-order valence-electron chi connectivity index (χ0n) is 12.3. The van der Waals surface area contributed by atoms with Crippen LogP contribution < -0.4 is 15.8 Å². The maximum Gasteiger partial charge on any atom is 0.260 e. The Morgan fingerprint density at radius 2 is 2.10 bits per heavy atom. The lowest BCUT2D eigenvalue weighted by atomic mass is 10.1. The highest BCUT2D eigenvalue weighted by Gasteiger charge is 2.15. The Morgan fingerprint density at radius 3 is 2.70 bits per heavy atom. The van der Waals surface area contributed by atoms with Gasteiger partial charge in [0, 0.05) is 23.1 Å². The van der Waals surface area contributed by atoms with Crippen LogP contribution in [0.15, 0.2) is 22.7 Å². The molecule has 0 saturated heterocycles. The zero-order valence-corrected chi connectivity index (χ0v) is 13.9. The Hall–Kier alpha value is -1.07. The van der Waals surface area contributed by atoms with Gasteiger partial charge in [0.1, 0.15) is 5.75 Å². The van der Waals surface area contributed by atoms with Gasteiger partial charge in [-0.3, -0.25) is 4.79 Å². The van der Waals surface area contributed by atoms with Crippen molar-refractivity contribution in [3.8, 4) is 5.75 Å². The molecule has 1 aromatic rings. The molecule has 3 N–H and O–H groups in total. The van der Waals surface area contributed by atoms with Crippen LogP contribution >= 0.6 is 15.9 Å². The minimum absolute atomic E-state index is 0.100. The predicted octanol–water partition coefficient (Wildman–Crippen LogP) is 2.84. The fraction of sp³-hybridized carbons (Fsp3) is 0.533. The molecule has 112 valence electrons. The summed E-state index contributed by atoms with van der Waals surface area (Å²) in [5.41, 5.74) is 6.56. The monoisotopic (exact) mass is 342 g/mol. The summed E-state index contributed by atoms with van der Waals surface area (Å²) in [6.45, 7) is 7.04. The molecule has 0 spiro atoms. The second kappa shape index (κ2) is 8.27. The lowest BCUT2D eigenvalue weighted by molar-refractivity contribution is -0.127. The Balaban J connectivity index is 2.57.